The highest BCUT2D eigenvalue weighted by molar-refractivity contribution is 5.83. The number of benzene rings is 2. The lowest BCUT2D eigenvalue weighted by atomic mass is 10.1. The number of ether oxygens (including phenoxy) is 1. The van der Waals surface area contributed by atoms with E-state index >= 15 is 0 Å². The van der Waals surface area contributed by atoms with Crippen LogP contribution in [0, 0.1) is 13.8 Å². The van der Waals surface area contributed by atoms with Crippen LogP contribution in [-0.4, -0.2) is 32.8 Å². The van der Waals surface area contributed by atoms with Gasteiger partial charge in [-0.25, -0.2) is 5.43 Å². The van der Waals surface area contributed by atoms with Gasteiger partial charge in [-0.2, -0.15) is 5.10 Å². The molecule has 0 atom stereocenters. The van der Waals surface area contributed by atoms with E-state index in [1.165, 1.54) is 5.56 Å². The molecule has 0 saturated carbocycles. The van der Waals surface area contributed by atoms with E-state index in [1.807, 2.05) is 75.3 Å². The van der Waals surface area contributed by atoms with Gasteiger partial charge in [-0.3, -0.25) is 4.79 Å². The van der Waals surface area contributed by atoms with E-state index < -0.39 is 0 Å². The van der Waals surface area contributed by atoms with Crippen molar-refractivity contribution in [3.05, 3.63) is 59.2 Å². The maximum absolute atomic E-state index is 11.7. The number of hydrogen-bond donors (Lipinski definition) is 1. The average Bonchev–Trinajstić information content (AvgIpc) is 2.56. The van der Waals surface area contributed by atoms with Crippen LogP contribution in [0.25, 0.3) is 0 Å². The van der Waals surface area contributed by atoms with E-state index in [0.717, 1.165) is 16.8 Å². The monoisotopic (exact) mass is 325 g/mol. The van der Waals surface area contributed by atoms with Crippen LogP contribution in [0.2, 0.25) is 0 Å². The van der Waals surface area contributed by atoms with Crippen molar-refractivity contribution in [2.24, 2.45) is 5.10 Å². The third-order valence-electron chi connectivity index (χ3n) is 3.66. The summed E-state index contributed by atoms with van der Waals surface area (Å²) in [5.74, 6) is 0.380. The van der Waals surface area contributed by atoms with Gasteiger partial charge < -0.3 is 9.64 Å². The van der Waals surface area contributed by atoms with Crippen molar-refractivity contribution < 1.29 is 9.53 Å². The van der Waals surface area contributed by atoms with Gasteiger partial charge in [-0.15, -0.1) is 0 Å². The molecule has 24 heavy (non-hydrogen) atoms. The van der Waals surface area contributed by atoms with Crippen molar-refractivity contribution in [1.29, 1.82) is 0 Å². The van der Waals surface area contributed by atoms with Crippen LogP contribution in [0.4, 0.5) is 5.69 Å². The number of nitrogens with one attached hydrogen (secondary N) is 1. The molecule has 5 heteroatoms. The third-order valence-corrected chi connectivity index (χ3v) is 3.66. The fraction of sp³-hybridized carbons (Fsp3) is 0.263. The fourth-order valence-corrected chi connectivity index (χ4v) is 2.02. The molecule has 2 aromatic rings. The Kier molecular flexibility index (Phi) is 5.95. The molecule has 0 aliphatic rings. The van der Waals surface area contributed by atoms with Gasteiger partial charge in [0.2, 0.25) is 0 Å². The maximum atomic E-state index is 11.7. The van der Waals surface area contributed by atoms with Crippen molar-refractivity contribution in [3.63, 3.8) is 0 Å². The van der Waals surface area contributed by atoms with Crippen LogP contribution >= 0.6 is 0 Å². The summed E-state index contributed by atoms with van der Waals surface area (Å²) in [7, 11) is 3.97. The zero-order chi connectivity index (χ0) is 17.5. The first-order valence-corrected chi connectivity index (χ1v) is 7.75. The van der Waals surface area contributed by atoms with E-state index in [0.29, 0.717) is 5.75 Å². The van der Waals surface area contributed by atoms with Crippen LogP contribution < -0.4 is 15.1 Å². The second-order valence-corrected chi connectivity index (χ2v) is 5.81. The Hall–Kier alpha value is -2.82. The lowest BCUT2D eigenvalue weighted by Crippen LogP contribution is -2.24. The second-order valence-electron chi connectivity index (χ2n) is 5.81. The topological polar surface area (TPSA) is 53.9 Å². The first-order valence-electron chi connectivity index (χ1n) is 7.75. The molecule has 0 aliphatic carbocycles. The second kappa shape index (κ2) is 8.15. The van der Waals surface area contributed by atoms with Crippen molar-refractivity contribution in [2.75, 3.05) is 25.6 Å². The van der Waals surface area contributed by atoms with E-state index in [4.69, 9.17) is 4.74 Å². The van der Waals surface area contributed by atoms with Gasteiger partial charge >= 0.3 is 0 Å². The lowest BCUT2D eigenvalue weighted by Gasteiger charge is -2.11. The summed E-state index contributed by atoms with van der Waals surface area (Å²) in [5, 5.41) is 3.94. The van der Waals surface area contributed by atoms with Crippen molar-refractivity contribution in [1.82, 2.24) is 5.43 Å². The van der Waals surface area contributed by atoms with Crippen molar-refractivity contribution in [2.45, 2.75) is 13.8 Å². The third kappa shape index (κ3) is 5.12. The molecule has 1 amide bonds. The number of carbonyl (C=O) groups is 1. The van der Waals surface area contributed by atoms with Gasteiger partial charge in [0, 0.05) is 19.8 Å². The van der Waals surface area contributed by atoms with Gasteiger partial charge in [0.05, 0.1) is 6.21 Å². The number of anilines is 1. The molecule has 2 aromatic carbocycles. The molecule has 0 radical (unpaired) electrons. The summed E-state index contributed by atoms with van der Waals surface area (Å²) in [6.07, 6.45) is 1.60. The summed E-state index contributed by atoms with van der Waals surface area (Å²) in [5.41, 5.74) is 6.80. The number of rotatable bonds is 6. The lowest BCUT2D eigenvalue weighted by molar-refractivity contribution is -0.123. The summed E-state index contributed by atoms with van der Waals surface area (Å²) in [4.78, 5) is 13.8. The Labute approximate surface area is 142 Å². The van der Waals surface area contributed by atoms with Gasteiger partial charge in [-0.05, 0) is 54.8 Å². The Balaban J connectivity index is 1.80. The Morgan fingerprint density at radius 3 is 2.46 bits per heavy atom. The largest absolute Gasteiger partial charge is 0.484 e. The number of hydrogen-bond acceptors (Lipinski definition) is 4. The Morgan fingerprint density at radius 1 is 1.12 bits per heavy atom. The molecule has 0 aromatic heterocycles. The predicted molar refractivity (Wildman–Crippen MR) is 97.9 cm³/mol. The number of nitrogens with zero attached hydrogens (tertiary/aromatic N) is 2. The van der Waals surface area contributed by atoms with E-state index in [9.17, 15) is 4.79 Å². The van der Waals surface area contributed by atoms with E-state index in [2.05, 4.69) is 10.5 Å². The van der Waals surface area contributed by atoms with E-state index in [-0.39, 0.29) is 12.5 Å². The molecular weight excluding hydrogens is 302 g/mol. The number of aryl methyl sites for hydroxylation is 2. The summed E-state index contributed by atoms with van der Waals surface area (Å²) >= 11 is 0. The molecule has 1 N–H and O–H groups in total. The number of carbonyl (C=O) groups excluding carboxylic acids is 1. The predicted octanol–water partition coefficient (Wildman–Crippen LogP) is 2.90. The molecule has 0 spiro atoms. The molecule has 2 rings (SSSR count). The Morgan fingerprint density at radius 2 is 1.83 bits per heavy atom. The minimum Gasteiger partial charge on any atom is -0.484 e. The van der Waals surface area contributed by atoms with Crippen LogP contribution in [-0.2, 0) is 4.79 Å². The average molecular weight is 325 g/mol. The molecule has 5 nitrogen and oxygen atoms in total. The van der Waals surface area contributed by atoms with Crippen LogP contribution in [0.5, 0.6) is 5.75 Å². The van der Waals surface area contributed by atoms with E-state index in [1.54, 1.807) is 6.21 Å². The molecule has 0 bridgehead atoms. The highest BCUT2D eigenvalue weighted by atomic mass is 16.5. The fourth-order valence-electron chi connectivity index (χ4n) is 2.02. The minimum absolute atomic E-state index is 0.0700. The van der Waals surface area contributed by atoms with Crippen molar-refractivity contribution in [3.8, 4) is 5.75 Å². The molecular formula is C19H23N3O2. The van der Waals surface area contributed by atoms with Gasteiger partial charge in [-0.1, -0.05) is 18.2 Å². The van der Waals surface area contributed by atoms with Crippen LogP contribution in [0.3, 0.4) is 0 Å². The summed E-state index contributed by atoms with van der Waals surface area (Å²) < 4.78 is 5.46. The van der Waals surface area contributed by atoms with Gasteiger partial charge in [0.1, 0.15) is 5.75 Å². The number of hydrazone groups is 1. The SMILES string of the molecule is Cc1ccc(OCC(=O)N/N=C/c2ccc(N(C)C)cc2)cc1C. The quantitative estimate of drug-likeness (QED) is 0.656. The maximum Gasteiger partial charge on any atom is 0.277 e. The number of amides is 1. The molecule has 0 saturated heterocycles. The first kappa shape index (κ1) is 17.5. The molecule has 126 valence electrons. The van der Waals surface area contributed by atoms with Gasteiger partial charge in [0.25, 0.3) is 5.91 Å². The van der Waals surface area contributed by atoms with Crippen LogP contribution in [0.15, 0.2) is 47.6 Å². The first-order chi connectivity index (χ1) is 11.5. The zero-order valence-electron chi connectivity index (χ0n) is 14.5. The van der Waals surface area contributed by atoms with Crippen LogP contribution in [0.1, 0.15) is 16.7 Å². The molecule has 0 heterocycles. The highest BCUT2D eigenvalue weighted by Crippen LogP contribution is 2.16. The standard InChI is InChI=1S/C19H23N3O2/c1-14-5-10-18(11-15(14)2)24-13-19(23)21-20-12-16-6-8-17(9-7-16)22(3)4/h5-12H,13H2,1-4H3,(H,21,23)/b20-12+. The normalized spacial score (nSPS) is 10.7. The van der Waals surface area contributed by atoms with Crippen molar-refractivity contribution >= 4 is 17.8 Å². The molecule has 0 fully saturated rings. The molecule has 0 unspecified atom stereocenters. The zero-order valence-corrected chi connectivity index (χ0v) is 14.5. The minimum atomic E-state index is -0.297. The summed E-state index contributed by atoms with van der Waals surface area (Å²) in [6.45, 7) is 3.97. The summed E-state index contributed by atoms with van der Waals surface area (Å²) in [6, 6.07) is 13.6. The highest BCUT2D eigenvalue weighted by Gasteiger charge is 2.02. The molecule has 0 aliphatic heterocycles. The van der Waals surface area contributed by atoms with Gasteiger partial charge in [0.15, 0.2) is 6.61 Å². The smallest absolute Gasteiger partial charge is 0.277 e. The Bertz CT molecular complexity index is 722.